The molecular weight excluding hydrogens is 262 g/mol. The van der Waals surface area contributed by atoms with Crippen LogP contribution in [0.2, 0.25) is 0 Å². The Kier molecular flexibility index (Phi) is 7.90. The molecule has 5 nitrogen and oxygen atoms in total. The molecule has 0 saturated heterocycles. The zero-order valence-electron chi connectivity index (χ0n) is 11.6. The molecule has 1 saturated carbocycles. The fourth-order valence-corrected chi connectivity index (χ4v) is 2.32. The molecule has 1 atom stereocenters. The summed E-state index contributed by atoms with van der Waals surface area (Å²) in [5.41, 5.74) is 5.74. The van der Waals surface area contributed by atoms with Gasteiger partial charge in [0.15, 0.2) is 0 Å². The van der Waals surface area contributed by atoms with Crippen molar-refractivity contribution < 1.29 is 9.59 Å². The van der Waals surface area contributed by atoms with Gasteiger partial charge in [-0.2, -0.15) is 11.8 Å². The largest absolute Gasteiger partial charge is 0.356 e. The number of hydrogen-bond donors (Lipinski definition) is 3. The van der Waals surface area contributed by atoms with Crippen molar-refractivity contribution in [2.75, 3.05) is 25.1 Å². The third-order valence-corrected chi connectivity index (χ3v) is 4.04. The second kappa shape index (κ2) is 9.20. The zero-order chi connectivity index (χ0) is 14.1. The molecule has 0 spiro atoms. The van der Waals surface area contributed by atoms with E-state index in [1.165, 1.54) is 6.42 Å². The molecule has 1 aliphatic carbocycles. The van der Waals surface area contributed by atoms with Gasteiger partial charge >= 0.3 is 0 Å². The van der Waals surface area contributed by atoms with Gasteiger partial charge in [-0.25, -0.2) is 0 Å². The van der Waals surface area contributed by atoms with Gasteiger partial charge < -0.3 is 16.4 Å². The maximum atomic E-state index is 11.6. The van der Waals surface area contributed by atoms with Crippen LogP contribution in [-0.2, 0) is 9.59 Å². The third-order valence-electron chi connectivity index (χ3n) is 3.40. The Morgan fingerprint density at radius 1 is 1.32 bits per heavy atom. The highest BCUT2D eigenvalue weighted by molar-refractivity contribution is 7.98. The first-order valence-electron chi connectivity index (χ1n) is 6.95. The van der Waals surface area contributed by atoms with Gasteiger partial charge in [0.25, 0.3) is 0 Å². The Hall–Kier alpha value is -0.750. The van der Waals surface area contributed by atoms with Gasteiger partial charge in [0, 0.05) is 19.0 Å². The lowest BCUT2D eigenvalue weighted by molar-refractivity contribution is -0.127. The van der Waals surface area contributed by atoms with Crippen molar-refractivity contribution in [1.29, 1.82) is 0 Å². The van der Waals surface area contributed by atoms with Crippen molar-refractivity contribution in [3.05, 3.63) is 0 Å². The van der Waals surface area contributed by atoms with Gasteiger partial charge in [0.05, 0.1) is 6.04 Å². The molecule has 0 unspecified atom stereocenters. The number of carbonyl (C=O) groups excluding carboxylic acids is 2. The number of rotatable bonds is 9. The van der Waals surface area contributed by atoms with Gasteiger partial charge in [0.2, 0.25) is 11.8 Å². The van der Waals surface area contributed by atoms with E-state index < -0.39 is 6.04 Å². The van der Waals surface area contributed by atoms with E-state index >= 15 is 0 Å². The van der Waals surface area contributed by atoms with Gasteiger partial charge in [-0.15, -0.1) is 0 Å². The Morgan fingerprint density at radius 2 is 2.00 bits per heavy atom. The molecule has 1 fully saturated rings. The number of nitrogens with one attached hydrogen (secondary N) is 2. The summed E-state index contributed by atoms with van der Waals surface area (Å²) in [6.45, 7) is 1.19. The minimum Gasteiger partial charge on any atom is -0.356 e. The van der Waals surface area contributed by atoms with Crippen LogP contribution in [-0.4, -0.2) is 43.0 Å². The molecule has 0 aromatic heterocycles. The molecule has 0 radical (unpaired) electrons. The Bertz CT molecular complexity index is 296. The van der Waals surface area contributed by atoms with Crippen molar-refractivity contribution in [1.82, 2.24) is 10.6 Å². The highest BCUT2D eigenvalue weighted by Gasteiger charge is 2.24. The molecule has 1 rings (SSSR count). The molecule has 110 valence electrons. The first kappa shape index (κ1) is 16.3. The van der Waals surface area contributed by atoms with Gasteiger partial charge in [-0.1, -0.05) is 6.42 Å². The van der Waals surface area contributed by atoms with E-state index in [-0.39, 0.29) is 17.7 Å². The van der Waals surface area contributed by atoms with Gasteiger partial charge in [0.1, 0.15) is 0 Å². The van der Waals surface area contributed by atoms with Crippen LogP contribution in [0.3, 0.4) is 0 Å². The predicted octanol–water partition coefficient (Wildman–Crippen LogP) is 0.489. The highest BCUT2D eigenvalue weighted by Crippen LogP contribution is 2.25. The summed E-state index contributed by atoms with van der Waals surface area (Å²) in [5, 5.41) is 5.69. The lowest BCUT2D eigenvalue weighted by atomic mass is 9.85. The number of amides is 2. The van der Waals surface area contributed by atoms with Crippen molar-refractivity contribution in [2.24, 2.45) is 11.7 Å². The monoisotopic (exact) mass is 287 g/mol. The second-order valence-corrected chi connectivity index (χ2v) is 5.94. The first-order chi connectivity index (χ1) is 9.15. The van der Waals surface area contributed by atoms with Crippen LogP contribution in [0.4, 0.5) is 0 Å². The summed E-state index contributed by atoms with van der Waals surface area (Å²) < 4.78 is 0. The zero-order valence-corrected chi connectivity index (χ0v) is 12.4. The fraction of sp³-hybridized carbons (Fsp3) is 0.846. The van der Waals surface area contributed by atoms with Crippen molar-refractivity contribution in [3.8, 4) is 0 Å². The van der Waals surface area contributed by atoms with E-state index in [1.807, 2.05) is 6.26 Å². The summed E-state index contributed by atoms with van der Waals surface area (Å²) in [7, 11) is 0. The summed E-state index contributed by atoms with van der Waals surface area (Å²) in [4.78, 5) is 23.1. The van der Waals surface area contributed by atoms with E-state index in [4.69, 9.17) is 5.73 Å². The molecule has 0 aromatic rings. The minimum absolute atomic E-state index is 0.0978. The van der Waals surface area contributed by atoms with Crippen molar-refractivity contribution in [3.63, 3.8) is 0 Å². The highest BCUT2D eigenvalue weighted by atomic mass is 32.2. The van der Waals surface area contributed by atoms with Crippen LogP contribution >= 0.6 is 11.8 Å². The Balaban J connectivity index is 1.97. The predicted molar refractivity (Wildman–Crippen MR) is 79.0 cm³/mol. The molecule has 0 aliphatic heterocycles. The lowest BCUT2D eigenvalue weighted by Gasteiger charge is -2.24. The molecule has 19 heavy (non-hydrogen) atoms. The fourth-order valence-electron chi connectivity index (χ4n) is 1.83. The summed E-state index contributed by atoms with van der Waals surface area (Å²) in [6.07, 6.45) is 6.65. The average molecular weight is 287 g/mol. The Labute approximate surface area is 119 Å². The molecule has 2 amide bonds. The number of nitrogens with two attached hydrogens (primary N) is 1. The molecular formula is C13H25N3O2S. The average Bonchev–Trinajstić information content (AvgIpc) is 2.33. The second-order valence-electron chi connectivity index (χ2n) is 4.95. The van der Waals surface area contributed by atoms with Crippen molar-refractivity contribution >= 4 is 23.6 Å². The SMILES string of the molecule is CSCC[C@H](N)C(=O)NCCCNC(=O)C1CCC1. The summed E-state index contributed by atoms with van der Waals surface area (Å²) in [5.74, 6) is 1.19. The normalized spacial score (nSPS) is 16.5. The standard InChI is InChI=1S/C13H25N3O2S/c1-19-9-6-11(14)13(18)16-8-3-7-15-12(17)10-4-2-5-10/h10-11H,2-9,14H2,1H3,(H,15,17)(H,16,18)/t11-/m0/s1. The van der Waals surface area contributed by atoms with E-state index in [0.717, 1.165) is 25.0 Å². The number of carbonyl (C=O) groups is 2. The molecule has 6 heteroatoms. The molecule has 0 bridgehead atoms. The third kappa shape index (κ3) is 6.29. The maximum Gasteiger partial charge on any atom is 0.236 e. The van der Waals surface area contributed by atoms with Crippen LogP contribution in [0.5, 0.6) is 0 Å². The van der Waals surface area contributed by atoms with E-state index in [9.17, 15) is 9.59 Å². The molecule has 4 N–H and O–H groups in total. The first-order valence-corrected chi connectivity index (χ1v) is 8.34. The van der Waals surface area contributed by atoms with E-state index in [0.29, 0.717) is 19.5 Å². The van der Waals surface area contributed by atoms with Crippen LogP contribution < -0.4 is 16.4 Å². The molecule has 0 heterocycles. The topological polar surface area (TPSA) is 84.2 Å². The maximum absolute atomic E-state index is 11.6. The summed E-state index contributed by atoms with van der Waals surface area (Å²) >= 11 is 1.69. The summed E-state index contributed by atoms with van der Waals surface area (Å²) in [6, 6.07) is -0.419. The molecule has 0 aromatic carbocycles. The van der Waals surface area contributed by atoms with Crippen molar-refractivity contribution in [2.45, 2.75) is 38.1 Å². The van der Waals surface area contributed by atoms with E-state index in [1.54, 1.807) is 11.8 Å². The number of thioether (sulfide) groups is 1. The minimum atomic E-state index is -0.419. The van der Waals surface area contributed by atoms with Crippen LogP contribution in [0, 0.1) is 5.92 Å². The van der Waals surface area contributed by atoms with Gasteiger partial charge in [-0.3, -0.25) is 9.59 Å². The Morgan fingerprint density at radius 3 is 2.58 bits per heavy atom. The number of hydrogen-bond acceptors (Lipinski definition) is 4. The van der Waals surface area contributed by atoms with Crippen LogP contribution in [0.15, 0.2) is 0 Å². The smallest absolute Gasteiger partial charge is 0.236 e. The van der Waals surface area contributed by atoms with E-state index in [2.05, 4.69) is 10.6 Å². The quantitative estimate of drug-likeness (QED) is 0.539. The van der Waals surface area contributed by atoms with Crippen LogP contribution in [0.1, 0.15) is 32.1 Å². The lowest BCUT2D eigenvalue weighted by Crippen LogP contribution is -2.42. The van der Waals surface area contributed by atoms with Gasteiger partial charge in [-0.05, 0) is 37.7 Å². The molecule has 1 aliphatic rings. The van der Waals surface area contributed by atoms with Crippen LogP contribution in [0.25, 0.3) is 0 Å².